The Labute approximate surface area is 53.4 Å². The van der Waals surface area contributed by atoms with E-state index in [-0.39, 0.29) is 6.04 Å². The third-order valence-corrected chi connectivity index (χ3v) is 1.34. The molecule has 3 nitrogen and oxygen atoms in total. The van der Waals surface area contributed by atoms with Crippen LogP contribution in [0.15, 0.2) is 11.6 Å². The Morgan fingerprint density at radius 3 is 2.89 bits per heavy atom. The number of rotatable bonds is 1. The summed E-state index contributed by atoms with van der Waals surface area (Å²) in [6, 6.07) is 0.219. The van der Waals surface area contributed by atoms with Crippen molar-refractivity contribution in [3.8, 4) is 0 Å². The van der Waals surface area contributed by atoms with Gasteiger partial charge in [-0.2, -0.15) is 0 Å². The number of hydrogen-bond donors (Lipinski definition) is 2. The Morgan fingerprint density at radius 2 is 2.67 bits per heavy atom. The summed E-state index contributed by atoms with van der Waals surface area (Å²) in [5.74, 6) is -0.813. The SMILES string of the molecule is CC1C=C(C(=O)O)CN1. The highest BCUT2D eigenvalue weighted by atomic mass is 16.4. The highest BCUT2D eigenvalue weighted by molar-refractivity contribution is 5.87. The van der Waals surface area contributed by atoms with Gasteiger partial charge in [0.15, 0.2) is 0 Å². The third kappa shape index (κ3) is 1.29. The van der Waals surface area contributed by atoms with Gasteiger partial charge < -0.3 is 10.4 Å². The Morgan fingerprint density at radius 1 is 2.00 bits per heavy atom. The first kappa shape index (κ1) is 6.29. The van der Waals surface area contributed by atoms with Crippen LogP contribution in [0.2, 0.25) is 0 Å². The smallest absolute Gasteiger partial charge is 0.332 e. The van der Waals surface area contributed by atoms with Crippen molar-refractivity contribution in [1.82, 2.24) is 5.32 Å². The zero-order valence-corrected chi connectivity index (χ0v) is 5.22. The molecule has 0 aromatic carbocycles. The summed E-state index contributed by atoms with van der Waals surface area (Å²) in [6.45, 7) is 2.42. The molecule has 1 unspecified atom stereocenters. The van der Waals surface area contributed by atoms with Crippen LogP contribution in [-0.2, 0) is 4.79 Å². The van der Waals surface area contributed by atoms with Crippen LogP contribution in [0.4, 0.5) is 0 Å². The van der Waals surface area contributed by atoms with Crippen LogP contribution in [0, 0.1) is 0 Å². The van der Waals surface area contributed by atoms with Crippen LogP contribution < -0.4 is 5.32 Å². The molecular formula is C6H9NO2. The molecule has 50 valence electrons. The van der Waals surface area contributed by atoms with Crippen LogP contribution >= 0.6 is 0 Å². The average molecular weight is 127 g/mol. The van der Waals surface area contributed by atoms with E-state index in [1.165, 1.54) is 0 Å². The summed E-state index contributed by atoms with van der Waals surface area (Å²) in [7, 11) is 0. The van der Waals surface area contributed by atoms with Gasteiger partial charge in [-0.25, -0.2) is 4.79 Å². The molecule has 0 saturated carbocycles. The minimum absolute atomic E-state index is 0.219. The van der Waals surface area contributed by atoms with E-state index in [1.54, 1.807) is 6.08 Å². The van der Waals surface area contributed by atoms with Gasteiger partial charge in [0, 0.05) is 18.2 Å². The lowest BCUT2D eigenvalue weighted by Gasteiger charge is -1.94. The number of aliphatic carboxylic acids is 1. The molecule has 0 radical (unpaired) electrons. The van der Waals surface area contributed by atoms with Crippen molar-refractivity contribution in [2.24, 2.45) is 0 Å². The quantitative estimate of drug-likeness (QED) is 0.520. The molecule has 0 bridgehead atoms. The first-order valence-electron chi connectivity index (χ1n) is 2.87. The monoisotopic (exact) mass is 127 g/mol. The summed E-state index contributed by atoms with van der Waals surface area (Å²) in [6.07, 6.45) is 1.72. The fraction of sp³-hybridized carbons (Fsp3) is 0.500. The Hall–Kier alpha value is -0.830. The van der Waals surface area contributed by atoms with Gasteiger partial charge >= 0.3 is 5.97 Å². The number of carboxylic acid groups (broad SMARTS) is 1. The van der Waals surface area contributed by atoms with Gasteiger partial charge in [0.05, 0.1) is 0 Å². The number of carbonyl (C=O) groups is 1. The van der Waals surface area contributed by atoms with Crippen molar-refractivity contribution in [2.75, 3.05) is 6.54 Å². The standard InChI is InChI=1S/C6H9NO2/c1-4-2-5(3-7-4)6(8)9/h2,4,7H,3H2,1H3,(H,8,9). The van der Waals surface area contributed by atoms with Gasteiger partial charge in [-0.1, -0.05) is 6.08 Å². The summed E-state index contributed by atoms with van der Waals surface area (Å²) in [5, 5.41) is 11.4. The molecule has 3 heteroatoms. The minimum Gasteiger partial charge on any atom is -0.478 e. The Balaban J connectivity index is 2.62. The van der Waals surface area contributed by atoms with E-state index in [0.29, 0.717) is 12.1 Å². The molecule has 2 N–H and O–H groups in total. The van der Waals surface area contributed by atoms with E-state index in [0.717, 1.165) is 0 Å². The molecular weight excluding hydrogens is 118 g/mol. The van der Waals surface area contributed by atoms with Gasteiger partial charge in [0.2, 0.25) is 0 Å². The second-order valence-electron chi connectivity index (χ2n) is 2.17. The molecule has 0 aromatic heterocycles. The lowest BCUT2D eigenvalue weighted by atomic mass is 10.2. The lowest BCUT2D eigenvalue weighted by Crippen LogP contribution is -2.19. The highest BCUT2D eigenvalue weighted by Gasteiger charge is 2.14. The average Bonchev–Trinajstić information content (AvgIpc) is 2.14. The topological polar surface area (TPSA) is 49.3 Å². The van der Waals surface area contributed by atoms with E-state index in [9.17, 15) is 4.79 Å². The van der Waals surface area contributed by atoms with E-state index >= 15 is 0 Å². The zero-order valence-electron chi connectivity index (χ0n) is 5.22. The van der Waals surface area contributed by atoms with Crippen LogP contribution in [0.25, 0.3) is 0 Å². The van der Waals surface area contributed by atoms with Crippen molar-refractivity contribution in [3.63, 3.8) is 0 Å². The maximum atomic E-state index is 10.2. The van der Waals surface area contributed by atoms with Crippen molar-refractivity contribution in [3.05, 3.63) is 11.6 Å². The van der Waals surface area contributed by atoms with E-state index in [2.05, 4.69) is 5.32 Å². The number of nitrogens with one attached hydrogen (secondary N) is 1. The zero-order chi connectivity index (χ0) is 6.85. The van der Waals surface area contributed by atoms with Crippen LogP contribution in [0.1, 0.15) is 6.92 Å². The van der Waals surface area contributed by atoms with Gasteiger partial charge in [-0.15, -0.1) is 0 Å². The summed E-state index contributed by atoms with van der Waals surface area (Å²) < 4.78 is 0. The molecule has 0 saturated heterocycles. The molecule has 1 atom stereocenters. The van der Waals surface area contributed by atoms with Gasteiger partial charge in [-0.05, 0) is 6.92 Å². The first-order valence-corrected chi connectivity index (χ1v) is 2.87. The maximum absolute atomic E-state index is 10.2. The lowest BCUT2D eigenvalue weighted by molar-refractivity contribution is -0.132. The predicted molar refractivity (Wildman–Crippen MR) is 33.2 cm³/mol. The first-order chi connectivity index (χ1) is 4.20. The second-order valence-corrected chi connectivity index (χ2v) is 2.17. The van der Waals surface area contributed by atoms with E-state index in [1.807, 2.05) is 6.92 Å². The normalized spacial score (nSPS) is 25.9. The molecule has 0 spiro atoms. The summed E-state index contributed by atoms with van der Waals surface area (Å²) in [4.78, 5) is 10.2. The Kier molecular flexibility index (Phi) is 1.53. The number of carboxylic acids is 1. The van der Waals surface area contributed by atoms with Crippen molar-refractivity contribution in [2.45, 2.75) is 13.0 Å². The predicted octanol–water partition coefficient (Wildman–Crippen LogP) is -0.0109. The summed E-state index contributed by atoms with van der Waals surface area (Å²) >= 11 is 0. The molecule has 1 aliphatic heterocycles. The van der Waals surface area contributed by atoms with Crippen LogP contribution in [-0.4, -0.2) is 23.7 Å². The molecule has 0 aromatic rings. The molecule has 0 amide bonds. The van der Waals surface area contributed by atoms with Crippen molar-refractivity contribution < 1.29 is 9.90 Å². The molecule has 0 fully saturated rings. The molecule has 1 rings (SSSR count). The van der Waals surface area contributed by atoms with Gasteiger partial charge in [0.1, 0.15) is 0 Å². The van der Waals surface area contributed by atoms with Gasteiger partial charge in [0.25, 0.3) is 0 Å². The van der Waals surface area contributed by atoms with Crippen LogP contribution in [0.5, 0.6) is 0 Å². The van der Waals surface area contributed by atoms with Crippen LogP contribution in [0.3, 0.4) is 0 Å². The van der Waals surface area contributed by atoms with Crippen molar-refractivity contribution >= 4 is 5.97 Å². The Bertz CT molecular complexity index is 162. The second kappa shape index (κ2) is 2.19. The van der Waals surface area contributed by atoms with E-state index in [4.69, 9.17) is 5.11 Å². The van der Waals surface area contributed by atoms with Gasteiger partial charge in [-0.3, -0.25) is 0 Å². The largest absolute Gasteiger partial charge is 0.478 e. The van der Waals surface area contributed by atoms with Crippen molar-refractivity contribution in [1.29, 1.82) is 0 Å². The fourth-order valence-electron chi connectivity index (χ4n) is 0.837. The molecule has 1 heterocycles. The maximum Gasteiger partial charge on any atom is 0.332 e. The summed E-state index contributed by atoms with van der Waals surface area (Å²) in [5.41, 5.74) is 0.475. The molecule has 0 aliphatic carbocycles. The highest BCUT2D eigenvalue weighted by Crippen LogP contribution is 2.03. The fourth-order valence-corrected chi connectivity index (χ4v) is 0.837. The minimum atomic E-state index is -0.813. The molecule has 9 heavy (non-hydrogen) atoms. The van der Waals surface area contributed by atoms with E-state index < -0.39 is 5.97 Å². The molecule has 1 aliphatic rings. The third-order valence-electron chi connectivity index (χ3n) is 1.34. The number of hydrogen-bond acceptors (Lipinski definition) is 2.